The third-order valence-corrected chi connectivity index (χ3v) is 4.18. The van der Waals surface area contributed by atoms with Crippen molar-refractivity contribution in [2.75, 3.05) is 43.4 Å². The normalized spacial score (nSPS) is 15.1. The first-order valence-electron chi connectivity index (χ1n) is 8.52. The van der Waals surface area contributed by atoms with Crippen LogP contribution < -0.4 is 10.2 Å². The molecule has 0 atom stereocenters. The number of anilines is 2. The molecule has 1 aliphatic rings. The lowest BCUT2D eigenvalue weighted by Crippen LogP contribution is -2.31. The molecule has 22 heavy (non-hydrogen) atoms. The quantitative estimate of drug-likeness (QED) is 0.839. The van der Waals surface area contributed by atoms with Crippen molar-refractivity contribution in [1.29, 1.82) is 0 Å². The Labute approximate surface area is 134 Å². The summed E-state index contributed by atoms with van der Waals surface area (Å²) in [7, 11) is 1.99. The Morgan fingerprint density at radius 2 is 1.86 bits per heavy atom. The van der Waals surface area contributed by atoms with E-state index in [-0.39, 0.29) is 5.91 Å². The third-order valence-electron chi connectivity index (χ3n) is 4.18. The van der Waals surface area contributed by atoms with Crippen LogP contribution in [-0.2, 0) is 4.79 Å². The minimum atomic E-state index is 0.0596. The fourth-order valence-electron chi connectivity index (χ4n) is 2.86. The smallest absolute Gasteiger partial charge is 0.238 e. The number of nitrogens with one attached hydrogen (secondary N) is 1. The molecular weight excluding hydrogens is 274 g/mol. The van der Waals surface area contributed by atoms with E-state index in [0.29, 0.717) is 6.54 Å². The summed E-state index contributed by atoms with van der Waals surface area (Å²) in [5, 5.41) is 2.98. The van der Waals surface area contributed by atoms with Gasteiger partial charge in [0.1, 0.15) is 0 Å². The van der Waals surface area contributed by atoms with Gasteiger partial charge in [-0.15, -0.1) is 0 Å². The molecule has 4 nitrogen and oxygen atoms in total. The van der Waals surface area contributed by atoms with Crippen molar-refractivity contribution < 1.29 is 4.79 Å². The molecule has 1 aromatic rings. The Morgan fingerprint density at radius 1 is 1.18 bits per heavy atom. The molecule has 1 amide bonds. The predicted octanol–water partition coefficient (Wildman–Crippen LogP) is 3.35. The van der Waals surface area contributed by atoms with Crippen molar-refractivity contribution in [1.82, 2.24) is 4.90 Å². The Balaban J connectivity index is 1.81. The molecule has 0 unspecified atom stereocenters. The number of unbranched alkanes of at least 4 members (excludes halogenated alkanes) is 1. The van der Waals surface area contributed by atoms with Crippen LogP contribution in [0, 0.1) is 0 Å². The van der Waals surface area contributed by atoms with Crippen LogP contribution in [0.1, 0.15) is 39.0 Å². The molecule has 1 N–H and O–H groups in total. The molecule has 0 bridgehead atoms. The molecule has 1 aromatic carbocycles. The van der Waals surface area contributed by atoms with Gasteiger partial charge in [0.2, 0.25) is 5.91 Å². The van der Waals surface area contributed by atoms with E-state index in [1.54, 1.807) is 0 Å². The molecule has 2 rings (SSSR count). The molecule has 4 heteroatoms. The van der Waals surface area contributed by atoms with Gasteiger partial charge < -0.3 is 10.2 Å². The summed E-state index contributed by atoms with van der Waals surface area (Å²) in [6.07, 6.45) is 6.19. The number of piperidine rings is 1. The highest BCUT2D eigenvalue weighted by Gasteiger charge is 2.11. The highest BCUT2D eigenvalue weighted by molar-refractivity contribution is 5.92. The fourth-order valence-corrected chi connectivity index (χ4v) is 2.86. The van der Waals surface area contributed by atoms with Crippen LogP contribution in [0.2, 0.25) is 0 Å². The molecule has 1 fully saturated rings. The van der Waals surface area contributed by atoms with Gasteiger partial charge in [-0.25, -0.2) is 0 Å². The Hall–Kier alpha value is -1.55. The van der Waals surface area contributed by atoms with Crippen LogP contribution in [0.3, 0.4) is 0 Å². The SMILES string of the molecule is CCCCN(C)CC(=O)Nc1ccc(N2CCCCC2)cc1. The largest absolute Gasteiger partial charge is 0.372 e. The summed E-state index contributed by atoms with van der Waals surface area (Å²) in [5.74, 6) is 0.0596. The van der Waals surface area contributed by atoms with Gasteiger partial charge in [-0.3, -0.25) is 9.69 Å². The highest BCUT2D eigenvalue weighted by atomic mass is 16.2. The lowest BCUT2D eigenvalue weighted by molar-refractivity contribution is -0.117. The van der Waals surface area contributed by atoms with E-state index in [9.17, 15) is 4.79 Å². The summed E-state index contributed by atoms with van der Waals surface area (Å²) in [4.78, 5) is 16.5. The zero-order chi connectivity index (χ0) is 15.8. The van der Waals surface area contributed by atoms with E-state index in [4.69, 9.17) is 0 Å². The van der Waals surface area contributed by atoms with Crippen LogP contribution in [0.4, 0.5) is 11.4 Å². The number of amides is 1. The first-order valence-corrected chi connectivity index (χ1v) is 8.52. The topological polar surface area (TPSA) is 35.6 Å². The second-order valence-electron chi connectivity index (χ2n) is 6.23. The molecule has 0 aromatic heterocycles. The summed E-state index contributed by atoms with van der Waals surface area (Å²) in [6.45, 7) is 5.88. The van der Waals surface area contributed by atoms with Crippen molar-refractivity contribution in [3.05, 3.63) is 24.3 Å². The van der Waals surface area contributed by atoms with Crippen LogP contribution in [0.25, 0.3) is 0 Å². The van der Waals surface area contributed by atoms with Gasteiger partial charge in [-0.2, -0.15) is 0 Å². The molecule has 0 aliphatic carbocycles. The summed E-state index contributed by atoms with van der Waals surface area (Å²) in [5.41, 5.74) is 2.15. The fraction of sp³-hybridized carbons (Fsp3) is 0.611. The molecule has 1 aliphatic heterocycles. The molecule has 1 heterocycles. The highest BCUT2D eigenvalue weighted by Crippen LogP contribution is 2.21. The minimum absolute atomic E-state index is 0.0596. The number of likely N-dealkylation sites (N-methyl/N-ethyl adjacent to an activating group) is 1. The molecule has 0 radical (unpaired) electrons. The second kappa shape index (κ2) is 8.79. The number of benzene rings is 1. The average molecular weight is 303 g/mol. The molecule has 0 spiro atoms. The maximum absolute atomic E-state index is 12.0. The van der Waals surface area contributed by atoms with E-state index in [2.05, 4.69) is 34.2 Å². The van der Waals surface area contributed by atoms with E-state index < -0.39 is 0 Å². The summed E-state index contributed by atoms with van der Waals surface area (Å²) in [6, 6.07) is 8.24. The summed E-state index contributed by atoms with van der Waals surface area (Å²) < 4.78 is 0. The molecule has 122 valence electrons. The number of hydrogen-bond donors (Lipinski definition) is 1. The number of hydrogen-bond acceptors (Lipinski definition) is 3. The van der Waals surface area contributed by atoms with E-state index in [0.717, 1.165) is 38.2 Å². The van der Waals surface area contributed by atoms with Gasteiger partial charge >= 0.3 is 0 Å². The lowest BCUT2D eigenvalue weighted by atomic mass is 10.1. The van der Waals surface area contributed by atoms with Gasteiger partial charge in [0, 0.05) is 24.5 Å². The number of carbonyl (C=O) groups is 1. The van der Waals surface area contributed by atoms with E-state index >= 15 is 0 Å². The van der Waals surface area contributed by atoms with Crippen molar-refractivity contribution in [3.8, 4) is 0 Å². The number of carbonyl (C=O) groups excluding carboxylic acids is 1. The predicted molar refractivity (Wildman–Crippen MR) is 93.5 cm³/mol. The first-order chi connectivity index (χ1) is 10.7. The van der Waals surface area contributed by atoms with E-state index in [1.165, 1.54) is 24.9 Å². The molecule has 1 saturated heterocycles. The van der Waals surface area contributed by atoms with Crippen molar-refractivity contribution in [2.45, 2.75) is 39.0 Å². The number of nitrogens with zero attached hydrogens (tertiary/aromatic N) is 2. The zero-order valence-electron chi connectivity index (χ0n) is 14.0. The Kier molecular flexibility index (Phi) is 6.72. The van der Waals surface area contributed by atoms with Gasteiger partial charge in [-0.05, 0) is 63.5 Å². The van der Waals surface area contributed by atoms with Crippen molar-refractivity contribution in [2.24, 2.45) is 0 Å². The van der Waals surface area contributed by atoms with Gasteiger partial charge in [0.05, 0.1) is 6.54 Å². The van der Waals surface area contributed by atoms with Crippen molar-refractivity contribution >= 4 is 17.3 Å². The second-order valence-corrected chi connectivity index (χ2v) is 6.23. The van der Waals surface area contributed by atoms with Crippen LogP contribution >= 0.6 is 0 Å². The standard InChI is InChI=1S/C18H29N3O/c1-3-4-12-20(2)15-18(22)19-16-8-10-17(11-9-16)21-13-6-5-7-14-21/h8-11H,3-7,12-15H2,1-2H3,(H,19,22). The van der Waals surface area contributed by atoms with Gasteiger partial charge in [0.25, 0.3) is 0 Å². The zero-order valence-corrected chi connectivity index (χ0v) is 14.0. The monoisotopic (exact) mass is 303 g/mol. The maximum atomic E-state index is 12.0. The lowest BCUT2D eigenvalue weighted by Gasteiger charge is -2.28. The average Bonchev–Trinajstić information content (AvgIpc) is 2.54. The maximum Gasteiger partial charge on any atom is 0.238 e. The third kappa shape index (κ3) is 5.34. The van der Waals surface area contributed by atoms with Gasteiger partial charge in [0.15, 0.2) is 0 Å². The summed E-state index contributed by atoms with van der Waals surface area (Å²) >= 11 is 0. The Morgan fingerprint density at radius 3 is 2.50 bits per heavy atom. The van der Waals surface area contributed by atoms with Crippen molar-refractivity contribution in [3.63, 3.8) is 0 Å². The first kappa shape index (κ1) is 16.8. The van der Waals surface area contributed by atoms with Crippen LogP contribution in [0.15, 0.2) is 24.3 Å². The minimum Gasteiger partial charge on any atom is -0.372 e. The Bertz CT molecular complexity index is 452. The number of rotatable bonds is 7. The van der Waals surface area contributed by atoms with Gasteiger partial charge in [-0.1, -0.05) is 13.3 Å². The molecular formula is C18H29N3O. The van der Waals surface area contributed by atoms with Crippen LogP contribution in [0.5, 0.6) is 0 Å². The van der Waals surface area contributed by atoms with E-state index in [1.807, 2.05) is 19.2 Å². The van der Waals surface area contributed by atoms with Crippen LogP contribution in [-0.4, -0.2) is 44.0 Å². The molecule has 0 saturated carbocycles.